The van der Waals surface area contributed by atoms with Gasteiger partial charge in [0, 0.05) is 12.5 Å². The Morgan fingerprint density at radius 1 is 1.23 bits per heavy atom. The van der Waals surface area contributed by atoms with Crippen LogP contribution in [0.2, 0.25) is 0 Å². The molecule has 0 aliphatic carbocycles. The molecule has 138 valence electrons. The van der Waals surface area contributed by atoms with Crippen LogP contribution in [0.5, 0.6) is 5.75 Å². The molecule has 0 aromatic heterocycles. The first-order valence-corrected chi connectivity index (χ1v) is 8.31. The van der Waals surface area contributed by atoms with Crippen LogP contribution in [0.1, 0.15) is 23.6 Å². The van der Waals surface area contributed by atoms with Gasteiger partial charge in [-0.3, -0.25) is 0 Å². The quantitative estimate of drug-likeness (QED) is 0.845. The molecule has 0 bridgehead atoms. The molecule has 4 nitrogen and oxygen atoms in total. The van der Waals surface area contributed by atoms with Crippen molar-refractivity contribution in [2.75, 3.05) is 11.9 Å². The Kier molecular flexibility index (Phi) is 5.06. The number of halogens is 3. The number of fused-ring (bicyclic) bond motifs is 1. The Bertz CT molecular complexity index is 806. The Morgan fingerprint density at radius 3 is 2.77 bits per heavy atom. The molecule has 2 amide bonds. The zero-order valence-electron chi connectivity index (χ0n) is 14.2. The van der Waals surface area contributed by atoms with E-state index in [4.69, 9.17) is 4.74 Å². The third-order valence-corrected chi connectivity index (χ3v) is 4.15. The SMILES string of the molecule is CC(Cc1ccc2c(c1)CCO2)NC(=O)Nc1ccccc1C(F)(F)F. The van der Waals surface area contributed by atoms with Crippen LogP contribution in [0.4, 0.5) is 23.7 Å². The largest absolute Gasteiger partial charge is 0.493 e. The molecule has 1 aliphatic heterocycles. The number of para-hydroxylation sites is 1. The summed E-state index contributed by atoms with van der Waals surface area (Å²) in [6, 6.07) is 9.86. The van der Waals surface area contributed by atoms with E-state index in [9.17, 15) is 18.0 Å². The second-order valence-corrected chi connectivity index (χ2v) is 6.29. The fourth-order valence-corrected chi connectivity index (χ4v) is 2.99. The van der Waals surface area contributed by atoms with Gasteiger partial charge in [-0.25, -0.2) is 4.79 Å². The molecule has 0 spiro atoms. The number of nitrogens with one attached hydrogen (secondary N) is 2. The van der Waals surface area contributed by atoms with Crippen LogP contribution in [0.25, 0.3) is 0 Å². The van der Waals surface area contributed by atoms with E-state index in [1.807, 2.05) is 18.2 Å². The molecule has 3 rings (SSSR count). The molecule has 2 aromatic rings. The molecule has 1 aliphatic rings. The predicted octanol–water partition coefficient (Wildman–Crippen LogP) is 4.39. The Morgan fingerprint density at radius 2 is 2.00 bits per heavy atom. The molecule has 0 radical (unpaired) electrons. The van der Waals surface area contributed by atoms with E-state index in [1.54, 1.807) is 6.92 Å². The van der Waals surface area contributed by atoms with Gasteiger partial charge in [-0.05, 0) is 42.7 Å². The van der Waals surface area contributed by atoms with E-state index >= 15 is 0 Å². The molecule has 0 saturated heterocycles. The fourth-order valence-electron chi connectivity index (χ4n) is 2.99. The minimum absolute atomic E-state index is 0.242. The zero-order chi connectivity index (χ0) is 18.7. The molecular formula is C19H19F3N2O2. The first-order chi connectivity index (χ1) is 12.3. The number of anilines is 1. The molecule has 1 atom stereocenters. The van der Waals surface area contributed by atoms with Crippen LogP contribution in [0, 0.1) is 0 Å². The lowest BCUT2D eigenvalue weighted by Gasteiger charge is -2.17. The second-order valence-electron chi connectivity index (χ2n) is 6.29. The summed E-state index contributed by atoms with van der Waals surface area (Å²) in [4.78, 5) is 12.1. The van der Waals surface area contributed by atoms with Crippen LogP contribution < -0.4 is 15.4 Å². The fraction of sp³-hybridized carbons (Fsp3) is 0.316. The lowest BCUT2D eigenvalue weighted by Crippen LogP contribution is -2.37. The third kappa shape index (κ3) is 4.28. The normalized spacial score (nSPS) is 14.3. The highest BCUT2D eigenvalue weighted by atomic mass is 19.4. The average molecular weight is 364 g/mol. The van der Waals surface area contributed by atoms with Crippen molar-refractivity contribution in [2.24, 2.45) is 0 Å². The molecular weight excluding hydrogens is 345 g/mol. The van der Waals surface area contributed by atoms with Crippen molar-refractivity contribution in [1.29, 1.82) is 0 Å². The summed E-state index contributed by atoms with van der Waals surface area (Å²) in [5.41, 5.74) is 1.04. The van der Waals surface area contributed by atoms with Crippen LogP contribution in [-0.2, 0) is 19.0 Å². The highest BCUT2D eigenvalue weighted by molar-refractivity contribution is 5.90. The van der Waals surface area contributed by atoms with E-state index < -0.39 is 17.8 Å². The number of carbonyl (C=O) groups excluding carboxylic acids is 1. The lowest BCUT2D eigenvalue weighted by molar-refractivity contribution is -0.136. The van der Waals surface area contributed by atoms with Crippen molar-refractivity contribution < 1.29 is 22.7 Å². The zero-order valence-corrected chi connectivity index (χ0v) is 14.2. The van der Waals surface area contributed by atoms with Gasteiger partial charge in [0.2, 0.25) is 0 Å². The summed E-state index contributed by atoms with van der Waals surface area (Å²) >= 11 is 0. The van der Waals surface area contributed by atoms with Crippen molar-refractivity contribution in [3.8, 4) is 5.75 Å². The van der Waals surface area contributed by atoms with Gasteiger partial charge in [-0.1, -0.05) is 24.3 Å². The Balaban J connectivity index is 1.60. The van der Waals surface area contributed by atoms with Crippen molar-refractivity contribution in [1.82, 2.24) is 5.32 Å². The van der Waals surface area contributed by atoms with E-state index in [0.29, 0.717) is 13.0 Å². The average Bonchev–Trinajstić information content (AvgIpc) is 3.01. The maximum absolute atomic E-state index is 13.0. The summed E-state index contributed by atoms with van der Waals surface area (Å²) in [5, 5.41) is 4.96. The Hall–Kier alpha value is -2.70. The topological polar surface area (TPSA) is 50.4 Å². The number of urea groups is 1. The number of ether oxygens (including phenoxy) is 1. The number of hydrogen-bond acceptors (Lipinski definition) is 2. The summed E-state index contributed by atoms with van der Waals surface area (Å²) < 4.78 is 44.4. The van der Waals surface area contributed by atoms with Gasteiger partial charge in [0.15, 0.2) is 0 Å². The number of amides is 2. The minimum atomic E-state index is -4.53. The standard InChI is InChI=1S/C19H19F3N2O2/c1-12(10-13-6-7-17-14(11-13)8-9-26-17)23-18(25)24-16-5-3-2-4-15(16)19(20,21)22/h2-7,11-12H,8-10H2,1H3,(H2,23,24,25). The molecule has 7 heteroatoms. The van der Waals surface area contributed by atoms with E-state index in [2.05, 4.69) is 10.6 Å². The van der Waals surface area contributed by atoms with Gasteiger partial charge in [0.25, 0.3) is 0 Å². The van der Waals surface area contributed by atoms with E-state index in [1.165, 1.54) is 18.2 Å². The minimum Gasteiger partial charge on any atom is -0.493 e. The number of carbonyl (C=O) groups is 1. The van der Waals surface area contributed by atoms with Crippen LogP contribution in [0.15, 0.2) is 42.5 Å². The van der Waals surface area contributed by atoms with Gasteiger partial charge in [-0.2, -0.15) is 13.2 Å². The van der Waals surface area contributed by atoms with E-state index in [-0.39, 0.29) is 11.7 Å². The van der Waals surface area contributed by atoms with E-state index in [0.717, 1.165) is 29.4 Å². The highest BCUT2D eigenvalue weighted by Crippen LogP contribution is 2.34. The third-order valence-electron chi connectivity index (χ3n) is 4.15. The predicted molar refractivity (Wildman–Crippen MR) is 92.4 cm³/mol. The molecule has 2 N–H and O–H groups in total. The molecule has 0 fully saturated rings. The van der Waals surface area contributed by atoms with Crippen LogP contribution in [-0.4, -0.2) is 18.7 Å². The van der Waals surface area contributed by atoms with Crippen molar-refractivity contribution in [3.05, 3.63) is 59.2 Å². The number of hydrogen-bond donors (Lipinski definition) is 2. The van der Waals surface area contributed by atoms with Gasteiger partial charge in [0.1, 0.15) is 5.75 Å². The van der Waals surface area contributed by atoms with Crippen molar-refractivity contribution in [2.45, 2.75) is 32.0 Å². The maximum atomic E-state index is 13.0. The highest BCUT2D eigenvalue weighted by Gasteiger charge is 2.33. The molecule has 1 heterocycles. The van der Waals surface area contributed by atoms with Gasteiger partial charge in [0.05, 0.1) is 17.9 Å². The monoisotopic (exact) mass is 364 g/mol. The second kappa shape index (κ2) is 7.27. The van der Waals surface area contributed by atoms with Gasteiger partial charge >= 0.3 is 12.2 Å². The van der Waals surface area contributed by atoms with Crippen LogP contribution in [0.3, 0.4) is 0 Å². The summed E-state index contributed by atoms with van der Waals surface area (Å²) in [6.07, 6.45) is -3.09. The first kappa shape index (κ1) is 18.1. The summed E-state index contributed by atoms with van der Waals surface area (Å²) in [5.74, 6) is 0.885. The summed E-state index contributed by atoms with van der Waals surface area (Å²) in [7, 11) is 0. The summed E-state index contributed by atoms with van der Waals surface area (Å²) in [6.45, 7) is 2.48. The number of rotatable bonds is 4. The maximum Gasteiger partial charge on any atom is 0.418 e. The Labute approximate surface area is 149 Å². The number of benzene rings is 2. The molecule has 1 unspecified atom stereocenters. The van der Waals surface area contributed by atoms with Gasteiger partial charge in [-0.15, -0.1) is 0 Å². The lowest BCUT2D eigenvalue weighted by atomic mass is 10.0. The molecule has 26 heavy (non-hydrogen) atoms. The first-order valence-electron chi connectivity index (χ1n) is 8.31. The van der Waals surface area contributed by atoms with Crippen LogP contribution >= 0.6 is 0 Å². The smallest absolute Gasteiger partial charge is 0.418 e. The molecule has 2 aromatic carbocycles. The molecule has 0 saturated carbocycles. The van der Waals surface area contributed by atoms with Crippen molar-refractivity contribution >= 4 is 11.7 Å². The number of alkyl halides is 3. The van der Waals surface area contributed by atoms with Crippen molar-refractivity contribution in [3.63, 3.8) is 0 Å². The van der Waals surface area contributed by atoms with Gasteiger partial charge < -0.3 is 15.4 Å².